The quantitative estimate of drug-likeness (QED) is 0.628. The second kappa shape index (κ2) is 4.67. The predicted molar refractivity (Wildman–Crippen MR) is 49.5 cm³/mol. The lowest BCUT2D eigenvalue weighted by Gasteiger charge is -2.21. The fraction of sp³-hybridized carbons (Fsp3) is 0.875. The highest BCUT2D eigenvalue weighted by Gasteiger charge is 2.32. The standard InChI is InChI=1S/C8H15NO2.ClH/c1-6(8(10)11-3)9(2)7-4-5-7;/h6-7H,4-5H2,1-3H3;1H/t6-;/m0./s1. The number of methoxy groups -OCH3 is 1. The van der Waals surface area contributed by atoms with E-state index >= 15 is 0 Å². The summed E-state index contributed by atoms with van der Waals surface area (Å²) in [5.41, 5.74) is 0. The summed E-state index contributed by atoms with van der Waals surface area (Å²) < 4.78 is 4.63. The Kier molecular flexibility index (Phi) is 4.57. The molecule has 0 bridgehead atoms. The van der Waals surface area contributed by atoms with Crippen LogP contribution < -0.4 is 0 Å². The van der Waals surface area contributed by atoms with Gasteiger partial charge in [0.15, 0.2) is 0 Å². The summed E-state index contributed by atoms with van der Waals surface area (Å²) in [6, 6.07) is 0.525. The van der Waals surface area contributed by atoms with E-state index in [1.807, 2.05) is 14.0 Å². The number of hydrogen-bond acceptors (Lipinski definition) is 3. The molecule has 0 aromatic carbocycles. The molecule has 1 saturated carbocycles. The van der Waals surface area contributed by atoms with Crippen LogP contribution in [0.2, 0.25) is 0 Å². The van der Waals surface area contributed by atoms with Gasteiger partial charge >= 0.3 is 5.97 Å². The summed E-state index contributed by atoms with van der Waals surface area (Å²) in [5, 5.41) is 0. The molecule has 0 aromatic heterocycles. The summed E-state index contributed by atoms with van der Waals surface area (Å²) in [7, 11) is 3.40. The van der Waals surface area contributed by atoms with E-state index in [-0.39, 0.29) is 24.4 Å². The van der Waals surface area contributed by atoms with Crippen molar-refractivity contribution in [2.45, 2.75) is 31.8 Å². The highest BCUT2D eigenvalue weighted by Crippen LogP contribution is 2.26. The van der Waals surface area contributed by atoms with Gasteiger partial charge < -0.3 is 4.74 Å². The second-order valence-corrected chi connectivity index (χ2v) is 3.10. The number of nitrogens with zero attached hydrogens (tertiary/aromatic N) is 1. The number of halogens is 1. The van der Waals surface area contributed by atoms with Crippen LogP contribution in [0.25, 0.3) is 0 Å². The van der Waals surface area contributed by atoms with Crippen LogP contribution in [0, 0.1) is 0 Å². The van der Waals surface area contributed by atoms with E-state index in [9.17, 15) is 4.79 Å². The van der Waals surface area contributed by atoms with Crippen molar-refractivity contribution in [2.75, 3.05) is 14.2 Å². The van der Waals surface area contributed by atoms with Crippen molar-refractivity contribution in [3.63, 3.8) is 0 Å². The Labute approximate surface area is 79.5 Å². The van der Waals surface area contributed by atoms with E-state index in [1.165, 1.54) is 20.0 Å². The summed E-state index contributed by atoms with van der Waals surface area (Å²) in [5.74, 6) is -0.139. The third-order valence-electron chi connectivity index (χ3n) is 2.28. The predicted octanol–water partition coefficient (Wildman–Crippen LogP) is 1.06. The number of rotatable bonds is 3. The van der Waals surface area contributed by atoms with Crippen molar-refractivity contribution in [3.8, 4) is 0 Å². The normalized spacial score (nSPS) is 18.3. The Morgan fingerprint density at radius 3 is 2.42 bits per heavy atom. The molecule has 0 radical (unpaired) electrons. The van der Waals surface area contributed by atoms with Crippen LogP contribution in [0.3, 0.4) is 0 Å². The zero-order valence-corrected chi connectivity index (χ0v) is 8.56. The van der Waals surface area contributed by atoms with Gasteiger partial charge in [0.2, 0.25) is 0 Å². The van der Waals surface area contributed by atoms with Crippen LogP contribution in [0.15, 0.2) is 0 Å². The summed E-state index contributed by atoms with van der Waals surface area (Å²) >= 11 is 0. The van der Waals surface area contributed by atoms with Crippen molar-refractivity contribution in [1.82, 2.24) is 4.90 Å². The summed E-state index contributed by atoms with van der Waals surface area (Å²) in [4.78, 5) is 13.1. The molecular weight excluding hydrogens is 178 g/mol. The van der Waals surface area contributed by atoms with Gasteiger partial charge in [0, 0.05) is 6.04 Å². The Morgan fingerprint density at radius 2 is 2.08 bits per heavy atom. The molecule has 0 saturated heterocycles. The highest BCUT2D eigenvalue weighted by molar-refractivity contribution is 5.85. The van der Waals surface area contributed by atoms with E-state index in [2.05, 4.69) is 9.64 Å². The number of carbonyl (C=O) groups excluding carboxylic acids is 1. The number of esters is 1. The van der Waals surface area contributed by atoms with E-state index in [1.54, 1.807) is 0 Å². The third-order valence-corrected chi connectivity index (χ3v) is 2.28. The van der Waals surface area contributed by atoms with Gasteiger partial charge in [-0.15, -0.1) is 12.4 Å². The molecule has 4 heteroatoms. The molecule has 12 heavy (non-hydrogen) atoms. The van der Waals surface area contributed by atoms with Gasteiger partial charge in [-0.1, -0.05) is 0 Å². The Morgan fingerprint density at radius 1 is 1.58 bits per heavy atom. The molecule has 0 unspecified atom stereocenters. The maximum absolute atomic E-state index is 11.0. The van der Waals surface area contributed by atoms with Gasteiger partial charge in [0.25, 0.3) is 0 Å². The first kappa shape index (κ1) is 11.7. The number of likely N-dealkylation sites (N-methyl/N-ethyl adjacent to an activating group) is 1. The van der Waals surface area contributed by atoms with Gasteiger partial charge in [0.05, 0.1) is 7.11 Å². The molecule has 1 fully saturated rings. The minimum absolute atomic E-state index is 0. The third kappa shape index (κ3) is 2.64. The topological polar surface area (TPSA) is 29.5 Å². The first-order valence-electron chi connectivity index (χ1n) is 3.96. The van der Waals surface area contributed by atoms with Crippen LogP contribution in [-0.4, -0.2) is 37.1 Å². The Balaban J connectivity index is 0.00000121. The maximum atomic E-state index is 11.0. The van der Waals surface area contributed by atoms with Crippen molar-refractivity contribution < 1.29 is 9.53 Å². The zero-order chi connectivity index (χ0) is 8.43. The number of carbonyl (C=O) groups is 1. The Hall–Kier alpha value is -0.280. The molecule has 72 valence electrons. The summed E-state index contributed by atoms with van der Waals surface area (Å²) in [6.07, 6.45) is 2.44. The van der Waals surface area contributed by atoms with Crippen LogP contribution >= 0.6 is 12.4 Å². The molecular formula is C8H16ClNO2. The van der Waals surface area contributed by atoms with Crippen molar-refractivity contribution >= 4 is 18.4 Å². The molecule has 1 aliphatic rings. The fourth-order valence-electron chi connectivity index (χ4n) is 1.13. The van der Waals surface area contributed by atoms with Crippen molar-refractivity contribution in [1.29, 1.82) is 0 Å². The van der Waals surface area contributed by atoms with Crippen molar-refractivity contribution in [3.05, 3.63) is 0 Å². The number of hydrogen-bond donors (Lipinski definition) is 0. The van der Waals surface area contributed by atoms with Crippen LogP contribution in [-0.2, 0) is 9.53 Å². The minimum atomic E-state index is -0.139. The molecule has 0 aliphatic heterocycles. The summed E-state index contributed by atoms with van der Waals surface area (Å²) in [6.45, 7) is 1.88. The smallest absolute Gasteiger partial charge is 0.322 e. The first-order chi connectivity index (χ1) is 5.16. The van der Waals surface area contributed by atoms with E-state index in [4.69, 9.17) is 0 Å². The van der Waals surface area contributed by atoms with Crippen molar-refractivity contribution in [2.24, 2.45) is 0 Å². The lowest BCUT2D eigenvalue weighted by atomic mass is 10.3. The zero-order valence-electron chi connectivity index (χ0n) is 7.74. The van der Waals surface area contributed by atoms with E-state index in [0.29, 0.717) is 6.04 Å². The lowest BCUT2D eigenvalue weighted by molar-refractivity contribution is -0.146. The van der Waals surface area contributed by atoms with Gasteiger partial charge in [-0.3, -0.25) is 9.69 Å². The monoisotopic (exact) mass is 193 g/mol. The molecule has 3 nitrogen and oxygen atoms in total. The molecule has 0 spiro atoms. The number of ether oxygens (including phenoxy) is 1. The maximum Gasteiger partial charge on any atom is 0.322 e. The SMILES string of the molecule is COC(=O)[C@H](C)N(C)C1CC1.Cl. The molecule has 0 aromatic rings. The minimum Gasteiger partial charge on any atom is -0.468 e. The van der Waals surface area contributed by atoms with Gasteiger partial charge in [-0.05, 0) is 26.8 Å². The van der Waals surface area contributed by atoms with Gasteiger partial charge in [-0.25, -0.2) is 0 Å². The van der Waals surface area contributed by atoms with E-state index < -0.39 is 0 Å². The average molecular weight is 194 g/mol. The second-order valence-electron chi connectivity index (χ2n) is 3.10. The largest absolute Gasteiger partial charge is 0.468 e. The van der Waals surface area contributed by atoms with Crippen LogP contribution in [0.1, 0.15) is 19.8 Å². The lowest BCUT2D eigenvalue weighted by Crippen LogP contribution is -2.38. The van der Waals surface area contributed by atoms with Crippen LogP contribution in [0.4, 0.5) is 0 Å². The van der Waals surface area contributed by atoms with Gasteiger partial charge in [-0.2, -0.15) is 0 Å². The first-order valence-corrected chi connectivity index (χ1v) is 3.96. The molecule has 0 heterocycles. The molecule has 1 aliphatic carbocycles. The average Bonchev–Trinajstić information content (AvgIpc) is 2.82. The molecule has 1 atom stereocenters. The van der Waals surface area contributed by atoms with E-state index in [0.717, 1.165) is 0 Å². The van der Waals surface area contributed by atoms with Crippen LogP contribution in [0.5, 0.6) is 0 Å². The fourth-order valence-corrected chi connectivity index (χ4v) is 1.13. The Bertz CT molecular complexity index is 159. The van der Waals surface area contributed by atoms with Gasteiger partial charge in [0.1, 0.15) is 6.04 Å². The molecule has 0 amide bonds. The molecule has 1 rings (SSSR count). The molecule has 0 N–H and O–H groups in total. The highest BCUT2D eigenvalue weighted by atomic mass is 35.5.